The van der Waals surface area contributed by atoms with Crippen molar-refractivity contribution >= 4 is 11.4 Å². The van der Waals surface area contributed by atoms with Crippen LogP contribution in [-0.4, -0.2) is 47.4 Å². The molecular weight excluding hydrogens is 258 g/mol. The fraction of sp³-hybridized carbons (Fsp3) is 0.538. The predicted octanol–water partition coefficient (Wildman–Crippen LogP) is 1.02. The topological polar surface area (TPSA) is 87.7 Å². The van der Waals surface area contributed by atoms with E-state index in [-0.39, 0.29) is 5.69 Å². The summed E-state index contributed by atoms with van der Waals surface area (Å²) in [6.45, 7) is 6.03. The molecule has 1 atom stereocenters. The highest BCUT2D eigenvalue weighted by atomic mass is 16.6. The maximum Gasteiger partial charge on any atom is 0.293 e. The zero-order valence-electron chi connectivity index (χ0n) is 11.9. The highest BCUT2D eigenvalue weighted by Gasteiger charge is 2.21. The first-order chi connectivity index (χ1) is 9.51. The van der Waals surface area contributed by atoms with Crippen LogP contribution in [0.2, 0.25) is 0 Å². The summed E-state index contributed by atoms with van der Waals surface area (Å²) < 4.78 is 0. The predicted molar refractivity (Wildman–Crippen MR) is 78.3 cm³/mol. The number of anilines is 1. The lowest BCUT2D eigenvalue weighted by Crippen LogP contribution is -2.49. The SMILES string of the molecule is CC1CN(Cc2ccc([N+](=O)[O-])c(NN)c2)CCN1C. The number of likely N-dealkylation sites (N-methyl/N-ethyl adjacent to an activating group) is 1. The Balaban J connectivity index is 2.08. The Morgan fingerprint density at radius 1 is 1.50 bits per heavy atom. The van der Waals surface area contributed by atoms with E-state index in [4.69, 9.17) is 5.84 Å². The lowest BCUT2D eigenvalue weighted by Gasteiger charge is -2.37. The van der Waals surface area contributed by atoms with E-state index < -0.39 is 4.92 Å². The molecule has 20 heavy (non-hydrogen) atoms. The summed E-state index contributed by atoms with van der Waals surface area (Å²) >= 11 is 0. The number of benzene rings is 1. The Morgan fingerprint density at radius 2 is 2.25 bits per heavy atom. The summed E-state index contributed by atoms with van der Waals surface area (Å²) in [5.41, 5.74) is 3.79. The van der Waals surface area contributed by atoms with Crippen molar-refractivity contribution in [3.05, 3.63) is 33.9 Å². The van der Waals surface area contributed by atoms with Crippen molar-refractivity contribution in [2.45, 2.75) is 19.5 Å². The maximum absolute atomic E-state index is 10.9. The number of nitro groups is 1. The van der Waals surface area contributed by atoms with Crippen LogP contribution in [0.25, 0.3) is 0 Å². The van der Waals surface area contributed by atoms with Gasteiger partial charge in [0.1, 0.15) is 5.69 Å². The van der Waals surface area contributed by atoms with Gasteiger partial charge in [-0.3, -0.25) is 20.9 Å². The molecule has 7 heteroatoms. The van der Waals surface area contributed by atoms with Crippen LogP contribution < -0.4 is 11.3 Å². The van der Waals surface area contributed by atoms with Crippen LogP contribution in [0.3, 0.4) is 0 Å². The van der Waals surface area contributed by atoms with E-state index in [2.05, 4.69) is 29.2 Å². The highest BCUT2D eigenvalue weighted by molar-refractivity contribution is 5.62. The number of nitrogens with zero attached hydrogens (tertiary/aromatic N) is 3. The smallest absolute Gasteiger partial charge is 0.293 e. The standard InChI is InChI=1S/C13H21N5O2/c1-10-8-17(6-5-16(10)2)9-11-3-4-13(18(19)20)12(7-11)15-14/h3-4,7,10,15H,5-6,8-9,14H2,1-2H3. The normalized spacial score (nSPS) is 20.9. The van der Waals surface area contributed by atoms with Crippen molar-refractivity contribution in [1.29, 1.82) is 0 Å². The molecule has 0 amide bonds. The van der Waals surface area contributed by atoms with Gasteiger partial charge in [0.2, 0.25) is 0 Å². The second kappa shape index (κ2) is 6.17. The van der Waals surface area contributed by atoms with E-state index in [0.29, 0.717) is 11.7 Å². The van der Waals surface area contributed by atoms with Crippen molar-refractivity contribution in [2.75, 3.05) is 32.1 Å². The largest absolute Gasteiger partial charge is 0.318 e. The molecule has 0 bridgehead atoms. The number of nitrogens with one attached hydrogen (secondary N) is 1. The molecule has 1 aromatic rings. The Bertz CT molecular complexity index is 494. The number of hydrogen-bond acceptors (Lipinski definition) is 6. The number of hydrogen-bond donors (Lipinski definition) is 2. The number of piperazine rings is 1. The number of hydrazine groups is 1. The summed E-state index contributed by atoms with van der Waals surface area (Å²) in [5, 5.41) is 10.9. The van der Waals surface area contributed by atoms with Crippen LogP contribution in [0.5, 0.6) is 0 Å². The zero-order chi connectivity index (χ0) is 14.7. The van der Waals surface area contributed by atoms with Crippen LogP contribution in [0.15, 0.2) is 18.2 Å². The van der Waals surface area contributed by atoms with Gasteiger partial charge in [-0.25, -0.2) is 0 Å². The Morgan fingerprint density at radius 3 is 2.85 bits per heavy atom. The minimum Gasteiger partial charge on any atom is -0.318 e. The Labute approximate surface area is 118 Å². The Kier molecular flexibility index (Phi) is 4.53. The molecule has 110 valence electrons. The van der Waals surface area contributed by atoms with Gasteiger partial charge in [0, 0.05) is 38.3 Å². The van der Waals surface area contributed by atoms with Gasteiger partial charge >= 0.3 is 0 Å². The summed E-state index contributed by atoms with van der Waals surface area (Å²) in [6, 6.07) is 5.57. The molecule has 1 fully saturated rings. The molecule has 1 unspecified atom stereocenters. The lowest BCUT2D eigenvalue weighted by molar-refractivity contribution is -0.384. The monoisotopic (exact) mass is 279 g/mol. The van der Waals surface area contributed by atoms with Crippen molar-refractivity contribution < 1.29 is 4.92 Å². The van der Waals surface area contributed by atoms with E-state index in [1.807, 2.05) is 0 Å². The fourth-order valence-electron chi connectivity index (χ4n) is 2.48. The van der Waals surface area contributed by atoms with Gasteiger partial charge in [0.25, 0.3) is 5.69 Å². The van der Waals surface area contributed by atoms with Gasteiger partial charge in [-0.1, -0.05) is 6.07 Å². The number of nitro benzene ring substituents is 1. The quantitative estimate of drug-likeness (QED) is 0.486. The van der Waals surface area contributed by atoms with Crippen LogP contribution in [0.4, 0.5) is 11.4 Å². The van der Waals surface area contributed by atoms with E-state index in [1.165, 1.54) is 6.07 Å². The second-order valence-corrected chi connectivity index (χ2v) is 5.32. The third kappa shape index (κ3) is 3.24. The molecule has 0 aromatic heterocycles. The summed E-state index contributed by atoms with van der Waals surface area (Å²) in [7, 11) is 2.13. The molecule has 0 spiro atoms. The molecular formula is C13H21N5O2. The first-order valence-electron chi connectivity index (χ1n) is 6.67. The average molecular weight is 279 g/mol. The third-order valence-electron chi connectivity index (χ3n) is 3.86. The van der Waals surface area contributed by atoms with Crippen LogP contribution in [0, 0.1) is 10.1 Å². The van der Waals surface area contributed by atoms with Crippen LogP contribution in [-0.2, 0) is 6.54 Å². The maximum atomic E-state index is 10.9. The van der Waals surface area contributed by atoms with Crippen molar-refractivity contribution in [1.82, 2.24) is 9.80 Å². The minimum atomic E-state index is -0.434. The van der Waals surface area contributed by atoms with E-state index >= 15 is 0 Å². The van der Waals surface area contributed by atoms with Crippen molar-refractivity contribution in [3.63, 3.8) is 0 Å². The lowest BCUT2D eigenvalue weighted by atomic mass is 10.1. The van der Waals surface area contributed by atoms with Gasteiger partial charge in [-0.15, -0.1) is 0 Å². The summed E-state index contributed by atoms with van der Waals surface area (Å²) in [4.78, 5) is 15.1. The molecule has 0 aliphatic carbocycles. The molecule has 0 saturated carbocycles. The van der Waals surface area contributed by atoms with Crippen molar-refractivity contribution in [2.24, 2.45) is 5.84 Å². The molecule has 1 aromatic carbocycles. The first kappa shape index (κ1) is 14.7. The second-order valence-electron chi connectivity index (χ2n) is 5.32. The summed E-state index contributed by atoms with van der Waals surface area (Å²) in [6.07, 6.45) is 0. The van der Waals surface area contributed by atoms with Gasteiger partial charge in [-0.2, -0.15) is 0 Å². The fourth-order valence-corrected chi connectivity index (χ4v) is 2.48. The van der Waals surface area contributed by atoms with Crippen LogP contribution >= 0.6 is 0 Å². The van der Waals surface area contributed by atoms with Gasteiger partial charge < -0.3 is 10.3 Å². The molecule has 1 heterocycles. The van der Waals surface area contributed by atoms with Gasteiger partial charge in [-0.05, 0) is 25.6 Å². The highest BCUT2D eigenvalue weighted by Crippen LogP contribution is 2.25. The molecule has 1 aliphatic rings. The van der Waals surface area contributed by atoms with Crippen LogP contribution in [0.1, 0.15) is 12.5 Å². The van der Waals surface area contributed by atoms with E-state index in [9.17, 15) is 10.1 Å². The number of rotatable bonds is 4. The first-order valence-corrected chi connectivity index (χ1v) is 6.67. The number of nitrogens with two attached hydrogens (primary N) is 1. The van der Waals surface area contributed by atoms with Gasteiger partial charge in [0.05, 0.1) is 4.92 Å². The molecule has 2 rings (SSSR count). The van der Waals surface area contributed by atoms with E-state index in [1.54, 1.807) is 12.1 Å². The molecule has 1 saturated heterocycles. The number of nitrogen functional groups attached to an aromatic ring is 1. The van der Waals surface area contributed by atoms with Gasteiger partial charge in [0.15, 0.2) is 0 Å². The minimum absolute atomic E-state index is 0.00277. The molecule has 3 N–H and O–H groups in total. The van der Waals surface area contributed by atoms with Crippen molar-refractivity contribution in [3.8, 4) is 0 Å². The molecule has 7 nitrogen and oxygen atoms in total. The molecule has 1 aliphatic heterocycles. The molecule has 0 radical (unpaired) electrons. The third-order valence-corrected chi connectivity index (χ3v) is 3.86. The van der Waals surface area contributed by atoms with E-state index in [0.717, 1.165) is 31.7 Å². The zero-order valence-corrected chi connectivity index (χ0v) is 11.9. The summed E-state index contributed by atoms with van der Waals surface area (Å²) in [5.74, 6) is 5.36. The average Bonchev–Trinajstić information content (AvgIpc) is 2.42. The Hall–Kier alpha value is -1.70.